The maximum atomic E-state index is 16.5. The van der Waals surface area contributed by atoms with Gasteiger partial charge in [0.05, 0.1) is 28.8 Å². The van der Waals surface area contributed by atoms with Crippen LogP contribution < -0.4 is 10.2 Å². The molecule has 2 unspecified atom stereocenters. The van der Waals surface area contributed by atoms with Crippen molar-refractivity contribution >= 4 is 23.4 Å². The van der Waals surface area contributed by atoms with Gasteiger partial charge in [-0.25, -0.2) is 8.78 Å². The first-order chi connectivity index (χ1) is 20.5. The highest BCUT2D eigenvalue weighted by molar-refractivity contribution is 6.21. The van der Waals surface area contributed by atoms with Crippen molar-refractivity contribution in [3.8, 4) is 11.1 Å². The van der Waals surface area contributed by atoms with Crippen LogP contribution in [-0.2, 0) is 11.2 Å². The molecule has 3 aliphatic rings. The zero-order chi connectivity index (χ0) is 30.6. The molecule has 1 aliphatic carbocycles. The molecule has 43 heavy (non-hydrogen) atoms. The number of imide groups is 1. The molecule has 0 bridgehead atoms. The average Bonchev–Trinajstić information content (AvgIpc) is 3.63. The highest BCUT2D eigenvalue weighted by Gasteiger charge is 2.44. The van der Waals surface area contributed by atoms with E-state index in [1.165, 1.54) is 17.0 Å². The number of unbranched alkanes of at least 4 members (excludes halogenated alkanes) is 1. The largest absolute Gasteiger partial charge is 0.405 e. The quantitative estimate of drug-likeness (QED) is 0.269. The lowest BCUT2D eigenvalue weighted by molar-refractivity contribution is -0.138. The molecular weight excluding hydrogens is 569 g/mol. The van der Waals surface area contributed by atoms with Crippen molar-refractivity contribution in [2.75, 3.05) is 24.5 Å². The fourth-order valence-electron chi connectivity index (χ4n) is 6.54. The molecule has 6 nitrogen and oxygen atoms in total. The number of halogens is 5. The van der Waals surface area contributed by atoms with E-state index in [0.29, 0.717) is 48.1 Å². The Hall–Kier alpha value is -4.28. The maximum absolute atomic E-state index is 16.5. The number of hydrogen-bond acceptors (Lipinski definition) is 4. The summed E-state index contributed by atoms with van der Waals surface area (Å²) in [5, 5.41) is 1.90. The summed E-state index contributed by atoms with van der Waals surface area (Å²) in [6.07, 6.45) is -2.79. The van der Waals surface area contributed by atoms with Crippen LogP contribution in [0.15, 0.2) is 48.5 Å². The van der Waals surface area contributed by atoms with Crippen molar-refractivity contribution < 1.29 is 36.3 Å². The van der Waals surface area contributed by atoms with Gasteiger partial charge < -0.3 is 10.2 Å². The standard InChI is InChI=1S/C32H28F5N3O3/c1-2-3-6-22-26-24(19-10-9-17(33)13-23(19)27(26)29(41)38-16-32(35,36)37)14-25(28(22)34)39-12-11-18(15-39)40-30(42)20-7-4-5-8-21(20)31(40)43/h4-5,7-10,13-14,18,27H,2-3,6,11-12,15-16H2,1H3,(H,38,41). The fraction of sp³-hybridized carbons (Fsp3) is 0.344. The average molecular weight is 598 g/mol. The van der Waals surface area contributed by atoms with Gasteiger partial charge in [0.25, 0.3) is 11.8 Å². The summed E-state index contributed by atoms with van der Waals surface area (Å²) < 4.78 is 69.9. The predicted molar refractivity (Wildman–Crippen MR) is 149 cm³/mol. The first-order valence-corrected chi connectivity index (χ1v) is 14.2. The van der Waals surface area contributed by atoms with Gasteiger partial charge >= 0.3 is 6.18 Å². The highest BCUT2D eigenvalue weighted by atomic mass is 19.4. The van der Waals surface area contributed by atoms with Crippen LogP contribution in [0.5, 0.6) is 0 Å². The van der Waals surface area contributed by atoms with E-state index in [1.807, 2.05) is 12.2 Å². The van der Waals surface area contributed by atoms with Gasteiger partial charge in [-0.1, -0.05) is 31.5 Å². The Morgan fingerprint density at radius 1 is 0.977 bits per heavy atom. The normalized spacial score (nSPS) is 19.1. The first kappa shape index (κ1) is 28.8. The van der Waals surface area contributed by atoms with E-state index in [0.717, 1.165) is 6.07 Å². The number of nitrogens with zero attached hydrogens (tertiary/aromatic N) is 2. The second kappa shape index (κ2) is 10.8. The Labute approximate surface area is 244 Å². The summed E-state index contributed by atoms with van der Waals surface area (Å²) in [5.74, 6) is -4.37. The predicted octanol–water partition coefficient (Wildman–Crippen LogP) is 5.97. The second-order valence-corrected chi connectivity index (χ2v) is 11.2. The van der Waals surface area contributed by atoms with Crippen molar-refractivity contribution in [1.82, 2.24) is 10.2 Å². The molecule has 3 amide bonds. The van der Waals surface area contributed by atoms with Crippen LogP contribution >= 0.6 is 0 Å². The minimum absolute atomic E-state index is 0.175. The van der Waals surface area contributed by atoms with Crippen molar-refractivity contribution in [3.05, 3.63) is 88.0 Å². The summed E-state index contributed by atoms with van der Waals surface area (Å²) in [6, 6.07) is 11.4. The Morgan fingerprint density at radius 3 is 2.33 bits per heavy atom. The Balaban J connectivity index is 1.39. The molecular formula is C32H28F5N3O3. The zero-order valence-corrected chi connectivity index (χ0v) is 23.2. The summed E-state index contributed by atoms with van der Waals surface area (Å²) in [4.78, 5) is 42.4. The number of amides is 3. The highest BCUT2D eigenvalue weighted by Crippen LogP contribution is 2.50. The third kappa shape index (κ3) is 4.94. The Bertz CT molecular complexity index is 1620. The number of benzene rings is 3. The molecule has 0 aromatic heterocycles. The van der Waals surface area contributed by atoms with Crippen LogP contribution in [0.3, 0.4) is 0 Å². The number of alkyl halides is 3. The van der Waals surface area contributed by atoms with E-state index in [4.69, 9.17) is 0 Å². The van der Waals surface area contributed by atoms with Crippen molar-refractivity contribution in [2.45, 2.75) is 50.7 Å². The summed E-state index contributed by atoms with van der Waals surface area (Å²) in [5.41, 5.74) is 2.37. The molecule has 0 radical (unpaired) electrons. The van der Waals surface area contributed by atoms with Gasteiger partial charge in [-0.15, -0.1) is 0 Å². The zero-order valence-electron chi connectivity index (χ0n) is 23.2. The van der Waals surface area contributed by atoms with Crippen LogP contribution in [0.1, 0.15) is 69.5 Å². The number of nitrogens with one attached hydrogen (secondary N) is 1. The Morgan fingerprint density at radius 2 is 1.67 bits per heavy atom. The molecule has 1 fully saturated rings. The summed E-state index contributed by atoms with van der Waals surface area (Å²) in [6.45, 7) is 0.861. The maximum Gasteiger partial charge on any atom is 0.405 e. The lowest BCUT2D eigenvalue weighted by atomic mass is 9.88. The third-order valence-electron chi connectivity index (χ3n) is 8.49. The van der Waals surface area contributed by atoms with Crippen LogP contribution in [0.2, 0.25) is 0 Å². The molecule has 2 heterocycles. The lowest BCUT2D eigenvalue weighted by Gasteiger charge is -2.26. The number of anilines is 1. The third-order valence-corrected chi connectivity index (χ3v) is 8.49. The summed E-state index contributed by atoms with van der Waals surface area (Å²) in [7, 11) is 0. The van der Waals surface area contributed by atoms with E-state index in [2.05, 4.69) is 0 Å². The molecule has 3 aromatic carbocycles. The summed E-state index contributed by atoms with van der Waals surface area (Å²) >= 11 is 0. The number of fused-ring (bicyclic) bond motifs is 4. The van der Waals surface area contributed by atoms with Gasteiger partial charge in [0, 0.05) is 13.1 Å². The van der Waals surface area contributed by atoms with Gasteiger partial charge in [0.2, 0.25) is 5.91 Å². The van der Waals surface area contributed by atoms with Crippen LogP contribution in [0, 0.1) is 11.6 Å². The van der Waals surface area contributed by atoms with Crippen LogP contribution in [0.4, 0.5) is 27.6 Å². The van der Waals surface area contributed by atoms with Gasteiger partial charge in [-0.05, 0) is 77.4 Å². The Kier molecular flexibility index (Phi) is 7.22. The molecule has 1 N–H and O–H groups in total. The fourth-order valence-corrected chi connectivity index (χ4v) is 6.54. The number of carbonyl (C=O) groups is 3. The van der Waals surface area contributed by atoms with Gasteiger partial charge in [0.1, 0.15) is 18.2 Å². The molecule has 224 valence electrons. The molecule has 2 aliphatic heterocycles. The van der Waals surface area contributed by atoms with E-state index in [9.17, 15) is 31.9 Å². The SMILES string of the molecule is CCCCc1c(F)c(N2CCC(N3C(=O)c4ccccc4C3=O)C2)cc2c1C(C(=O)NCC(F)(F)F)c1cc(F)ccc1-2. The molecule has 0 spiro atoms. The molecule has 0 saturated carbocycles. The van der Waals surface area contributed by atoms with Crippen molar-refractivity contribution in [2.24, 2.45) is 0 Å². The number of rotatable bonds is 7. The van der Waals surface area contributed by atoms with E-state index in [-0.39, 0.29) is 35.3 Å². The van der Waals surface area contributed by atoms with Crippen LogP contribution in [-0.4, -0.2) is 54.5 Å². The van der Waals surface area contributed by atoms with Crippen LogP contribution in [0.25, 0.3) is 11.1 Å². The lowest BCUT2D eigenvalue weighted by Crippen LogP contribution is -2.41. The van der Waals surface area contributed by atoms with Gasteiger partial charge in [-0.3, -0.25) is 19.3 Å². The van der Waals surface area contributed by atoms with Crippen molar-refractivity contribution in [3.63, 3.8) is 0 Å². The van der Waals surface area contributed by atoms with Gasteiger partial charge in [0.15, 0.2) is 0 Å². The second-order valence-electron chi connectivity index (χ2n) is 11.2. The monoisotopic (exact) mass is 597 g/mol. The van der Waals surface area contributed by atoms with Gasteiger partial charge in [-0.2, -0.15) is 13.2 Å². The van der Waals surface area contributed by atoms with E-state index < -0.39 is 54.0 Å². The van der Waals surface area contributed by atoms with E-state index in [1.54, 1.807) is 35.2 Å². The van der Waals surface area contributed by atoms with E-state index >= 15 is 4.39 Å². The minimum Gasteiger partial charge on any atom is -0.367 e. The number of carbonyl (C=O) groups excluding carboxylic acids is 3. The molecule has 3 aromatic rings. The molecule has 1 saturated heterocycles. The topological polar surface area (TPSA) is 69.7 Å². The minimum atomic E-state index is -4.66. The smallest absolute Gasteiger partial charge is 0.367 e. The van der Waals surface area contributed by atoms with Crippen molar-refractivity contribution in [1.29, 1.82) is 0 Å². The molecule has 6 rings (SSSR count). The number of hydrogen-bond donors (Lipinski definition) is 1. The first-order valence-electron chi connectivity index (χ1n) is 14.2. The molecule has 2 atom stereocenters. The molecule has 11 heteroatoms.